The van der Waals surface area contributed by atoms with E-state index in [9.17, 15) is 29.8 Å². The second-order valence-corrected chi connectivity index (χ2v) is 14.0. The number of nitrogens with one attached hydrogen (secondary N) is 2. The highest BCUT2D eigenvalue weighted by molar-refractivity contribution is 8.18. The Kier molecular flexibility index (Phi) is 9.08. The number of hydrogen-bond donors (Lipinski definition) is 2. The van der Waals surface area contributed by atoms with Crippen LogP contribution in [0.25, 0.3) is 16.3 Å². The molecule has 1 aliphatic heterocycles. The lowest BCUT2D eigenvalue weighted by molar-refractivity contribution is -0.387. The highest BCUT2D eigenvalue weighted by Crippen LogP contribution is 2.40. The van der Waals surface area contributed by atoms with E-state index in [1.54, 1.807) is 50.2 Å². The van der Waals surface area contributed by atoms with E-state index in [0.717, 1.165) is 33.8 Å². The molecule has 12 nitrogen and oxygen atoms in total. The molecule has 6 rings (SSSR count). The maximum Gasteiger partial charge on any atom is 0.283 e. The molecule has 2 heterocycles. The summed E-state index contributed by atoms with van der Waals surface area (Å²) in [6.07, 6.45) is 1.53. The number of nitro benzene ring substituents is 2. The number of rotatable bonds is 8. The van der Waals surface area contributed by atoms with E-state index in [2.05, 4.69) is 20.6 Å². The van der Waals surface area contributed by atoms with Gasteiger partial charge in [-0.05, 0) is 91.7 Å². The van der Waals surface area contributed by atoms with Crippen molar-refractivity contribution in [2.24, 2.45) is 4.99 Å². The number of benzene rings is 4. The molecular formula is C33H24N6O6S3. The van der Waals surface area contributed by atoms with Crippen LogP contribution in [0.3, 0.4) is 0 Å². The molecule has 4 aromatic carbocycles. The molecule has 0 bridgehead atoms. The van der Waals surface area contributed by atoms with Gasteiger partial charge in [-0.25, -0.2) is 9.98 Å². The zero-order valence-corrected chi connectivity index (χ0v) is 27.9. The van der Waals surface area contributed by atoms with Gasteiger partial charge in [0.25, 0.3) is 23.2 Å². The molecule has 2 N–H and O–H groups in total. The average molecular weight is 697 g/mol. The predicted molar refractivity (Wildman–Crippen MR) is 189 cm³/mol. The van der Waals surface area contributed by atoms with Gasteiger partial charge in [0.05, 0.1) is 35.6 Å². The molecule has 0 atom stereocenters. The number of thiazole rings is 1. The van der Waals surface area contributed by atoms with Crippen molar-refractivity contribution in [3.05, 3.63) is 126 Å². The third kappa shape index (κ3) is 6.97. The van der Waals surface area contributed by atoms with Crippen LogP contribution in [0.5, 0.6) is 0 Å². The van der Waals surface area contributed by atoms with E-state index in [1.807, 2.05) is 31.2 Å². The largest absolute Gasteiger partial charge is 0.322 e. The average Bonchev–Trinajstić information content (AvgIpc) is 3.60. The van der Waals surface area contributed by atoms with Crippen LogP contribution in [0.4, 0.5) is 22.7 Å². The third-order valence-corrected chi connectivity index (χ3v) is 10.4. The fourth-order valence-corrected chi connectivity index (χ4v) is 7.81. The number of aromatic nitrogens is 1. The number of nitro groups is 2. The Hall–Kier alpha value is -5.38. The molecule has 48 heavy (non-hydrogen) atoms. The van der Waals surface area contributed by atoms with Gasteiger partial charge in [-0.15, -0.1) is 11.3 Å². The van der Waals surface area contributed by atoms with E-state index in [1.165, 1.54) is 29.5 Å². The van der Waals surface area contributed by atoms with Gasteiger partial charge in [-0.2, -0.15) is 0 Å². The van der Waals surface area contributed by atoms with E-state index in [4.69, 9.17) is 0 Å². The minimum atomic E-state index is -0.488. The number of amides is 2. The van der Waals surface area contributed by atoms with Crippen molar-refractivity contribution in [1.29, 1.82) is 0 Å². The van der Waals surface area contributed by atoms with Gasteiger partial charge in [0, 0.05) is 28.9 Å². The maximum absolute atomic E-state index is 12.8. The van der Waals surface area contributed by atoms with Crippen molar-refractivity contribution < 1.29 is 19.4 Å². The van der Waals surface area contributed by atoms with Crippen LogP contribution < -0.4 is 10.6 Å². The summed E-state index contributed by atoms with van der Waals surface area (Å²) in [5.74, 6) is -0.663. The predicted octanol–water partition coefficient (Wildman–Crippen LogP) is 8.33. The van der Waals surface area contributed by atoms with E-state index in [-0.39, 0.29) is 27.4 Å². The van der Waals surface area contributed by atoms with Crippen LogP contribution in [0.15, 0.2) is 91.9 Å². The quantitative estimate of drug-likeness (QED) is 0.0920. The zero-order chi connectivity index (χ0) is 34.1. The Morgan fingerprint density at radius 2 is 1.73 bits per heavy atom. The topological polar surface area (TPSA) is 170 Å². The lowest BCUT2D eigenvalue weighted by atomic mass is 10.1. The summed E-state index contributed by atoms with van der Waals surface area (Å²) in [7, 11) is 0. The second kappa shape index (κ2) is 13.4. The number of carbonyl (C=O) groups excluding carboxylic acids is 2. The summed E-state index contributed by atoms with van der Waals surface area (Å²) in [4.78, 5) is 57.6. The molecule has 0 spiro atoms. The number of amidine groups is 1. The molecule has 1 aromatic heterocycles. The summed E-state index contributed by atoms with van der Waals surface area (Å²) >= 11 is 3.53. The van der Waals surface area contributed by atoms with E-state index in [0.29, 0.717) is 48.4 Å². The number of thioether (sulfide) groups is 1. The second-order valence-electron chi connectivity index (χ2n) is 10.7. The summed E-state index contributed by atoms with van der Waals surface area (Å²) < 4.78 is 1.39. The standard InChI is InChI=1S/C33H24N6O6S3/c1-17-6-4-5-7-23(17)30(40)34-21-9-10-24-28(16-21)48-33(36-24)47-27-11-8-20(13-26(27)39(44)45)14-29-31(41)37-32(46-29)35-22-12-18(2)19(3)25(15-22)38(42)43/h4-16H,1-3H3,(H,34,40)(H,35,37,41)/b29-14-. The minimum Gasteiger partial charge on any atom is -0.322 e. The lowest BCUT2D eigenvalue weighted by Gasteiger charge is -2.07. The first-order chi connectivity index (χ1) is 22.9. The Morgan fingerprint density at radius 1 is 0.958 bits per heavy atom. The van der Waals surface area contributed by atoms with Crippen molar-refractivity contribution in [2.75, 3.05) is 5.32 Å². The molecule has 5 aromatic rings. The summed E-state index contributed by atoms with van der Waals surface area (Å²) in [5, 5.41) is 29.3. The summed E-state index contributed by atoms with van der Waals surface area (Å²) in [6.45, 7) is 5.27. The van der Waals surface area contributed by atoms with E-state index < -0.39 is 15.8 Å². The molecule has 0 aliphatic carbocycles. The molecule has 0 saturated carbocycles. The monoisotopic (exact) mass is 696 g/mol. The Bertz CT molecular complexity index is 2250. The number of aryl methyl sites for hydroxylation is 2. The maximum atomic E-state index is 12.8. The van der Waals surface area contributed by atoms with Crippen molar-refractivity contribution in [3.63, 3.8) is 0 Å². The van der Waals surface area contributed by atoms with Crippen LogP contribution in [0, 0.1) is 41.0 Å². The highest BCUT2D eigenvalue weighted by Gasteiger charge is 2.25. The molecule has 240 valence electrons. The van der Waals surface area contributed by atoms with Gasteiger partial charge in [0.15, 0.2) is 9.51 Å². The van der Waals surface area contributed by atoms with Crippen LogP contribution >= 0.6 is 34.9 Å². The van der Waals surface area contributed by atoms with Gasteiger partial charge < -0.3 is 10.6 Å². The van der Waals surface area contributed by atoms with Gasteiger partial charge in [-0.1, -0.05) is 36.0 Å². The van der Waals surface area contributed by atoms with Gasteiger partial charge >= 0.3 is 0 Å². The van der Waals surface area contributed by atoms with Gasteiger partial charge in [0.2, 0.25) is 0 Å². The van der Waals surface area contributed by atoms with Gasteiger partial charge in [0.1, 0.15) is 0 Å². The first-order valence-electron chi connectivity index (χ1n) is 14.2. The number of hydrogen-bond acceptors (Lipinski definition) is 11. The SMILES string of the molecule is Cc1ccccc1C(=O)Nc1ccc2nc(Sc3ccc(/C=C4\SC(=Nc5cc(C)c(C)c([N+](=O)[O-])c5)NC4=O)cc3[N+](=O)[O-])sc2c1. The molecule has 1 fully saturated rings. The Labute approximate surface area is 285 Å². The van der Waals surface area contributed by atoms with Crippen molar-refractivity contribution in [1.82, 2.24) is 10.3 Å². The summed E-state index contributed by atoms with van der Waals surface area (Å²) in [5.41, 5.74) is 4.51. The number of aliphatic imine (C=N–C) groups is 1. The normalized spacial score (nSPS) is 14.4. The molecule has 0 radical (unpaired) electrons. The van der Waals surface area contributed by atoms with Crippen LogP contribution in [-0.2, 0) is 4.79 Å². The molecule has 1 saturated heterocycles. The zero-order valence-electron chi connectivity index (χ0n) is 25.5. The first kappa shape index (κ1) is 32.6. The van der Waals surface area contributed by atoms with Crippen LogP contribution in [0.2, 0.25) is 0 Å². The molecule has 1 aliphatic rings. The van der Waals surface area contributed by atoms with Crippen LogP contribution in [-0.4, -0.2) is 31.8 Å². The first-order valence-corrected chi connectivity index (χ1v) is 16.7. The fraction of sp³-hybridized carbons (Fsp3) is 0.0909. The molecule has 2 amide bonds. The van der Waals surface area contributed by atoms with Crippen molar-refractivity contribution in [3.8, 4) is 0 Å². The Morgan fingerprint density at radius 3 is 2.48 bits per heavy atom. The van der Waals surface area contributed by atoms with Crippen LogP contribution in [0.1, 0.15) is 32.6 Å². The summed E-state index contributed by atoms with van der Waals surface area (Å²) in [6, 6.07) is 20.4. The smallest absolute Gasteiger partial charge is 0.283 e. The highest BCUT2D eigenvalue weighted by atomic mass is 32.2. The third-order valence-electron chi connectivity index (χ3n) is 7.39. The Balaban J connectivity index is 1.20. The number of fused-ring (bicyclic) bond motifs is 1. The number of carbonyl (C=O) groups is 2. The fourth-order valence-electron chi connectivity index (χ4n) is 4.82. The van der Waals surface area contributed by atoms with Crippen molar-refractivity contribution in [2.45, 2.75) is 30.0 Å². The number of nitrogens with zero attached hydrogens (tertiary/aromatic N) is 4. The lowest BCUT2D eigenvalue weighted by Crippen LogP contribution is -2.19. The molecule has 15 heteroatoms. The molecule has 0 unspecified atom stereocenters. The minimum absolute atomic E-state index is 0.0669. The van der Waals surface area contributed by atoms with Gasteiger partial charge in [-0.3, -0.25) is 29.8 Å². The molecular weight excluding hydrogens is 673 g/mol. The van der Waals surface area contributed by atoms with E-state index >= 15 is 0 Å². The van der Waals surface area contributed by atoms with Crippen molar-refractivity contribution >= 4 is 90.9 Å². The number of anilines is 1.